The van der Waals surface area contributed by atoms with Crippen molar-refractivity contribution in [3.05, 3.63) is 45.8 Å². The third-order valence-electron chi connectivity index (χ3n) is 2.64. The van der Waals surface area contributed by atoms with Crippen molar-refractivity contribution in [2.75, 3.05) is 19.0 Å². The SMILES string of the molecule is CN(C)c1ccc(/C=N/NC(=O)c2n[nH]c([N+](=O)[O-])n2)cc1. The van der Waals surface area contributed by atoms with E-state index < -0.39 is 16.8 Å². The smallest absolute Gasteiger partial charge is 0.390 e. The van der Waals surface area contributed by atoms with Gasteiger partial charge in [0.2, 0.25) is 0 Å². The summed E-state index contributed by atoms with van der Waals surface area (Å²) >= 11 is 0. The highest BCUT2D eigenvalue weighted by atomic mass is 16.6. The number of nitro groups is 1. The second kappa shape index (κ2) is 6.43. The summed E-state index contributed by atoms with van der Waals surface area (Å²) in [6, 6.07) is 7.48. The number of amides is 1. The molecule has 0 atom stereocenters. The fourth-order valence-electron chi connectivity index (χ4n) is 1.51. The van der Waals surface area contributed by atoms with Crippen LogP contribution in [0.2, 0.25) is 0 Å². The molecule has 10 heteroatoms. The van der Waals surface area contributed by atoms with Crippen LogP contribution in [0.15, 0.2) is 29.4 Å². The van der Waals surface area contributed by atoms with E-state index in [0.717, 1.165) is 11.3 Å². The average Bonchev–Trinajstić information content (AvgIpc) is 2.98. The first-order chi connectivity index (χ1) is 10.5. The van der Waals surface area contributed by atoms with Gasteiger partial charge in [0, 0.05) is 19.8 Å². The second-order valence-electron chi connectivity index (χ2n) is 4.42. The van der Waals surface area contributed by atoms with Crippen LogP contribution in [0, 0.1) is 10.1 Å². The minimum absolute atomic E-state index is 0.355. The lowest BCUT2D eigenvalue weighted by atomic mass is 10.2. The van der Waals surface area contributed by atoms with E-state index in [1.165, 1.54) is 6.21 Å². The molecule has 0 fully saturated rings. The Morgan fingerprint density at radius 3 is 2.64 bits per heavy atom. The van der Waals surface area contributed by atoms with Crippen LogP contribution in [0.25, 0.3) is 0 Å². The van der Waals surface area contributed by atoms with Crippen molar-refractivity contribution in [1.82, 2.24) is 20.6 Å². The fourth-order valence-corrected chi connectivity index (χ4v) is 1.51. The van der Waals surface area contributed by atoms with Crippen LogP contribution >= 0.6 is 0 Å². The lowest BCUT2D eigenvalue weighted by Gasteiger charge is -2.11. The van der Waals surface area contributed by atoms with Gasteiger partial charge in [-0.3, -0.25) is 4.79 Å². The minimum atomic E-state index is -0.778. The van der Waals surface area contributed by atoms with Gasteiger partial charge in [0.15, 0.2) is 0 Å². The van der Waals surface area contributed by atoms with Crippen LogP contribution in [-0.2, 0) is 0 Å². The van der Waals surface area contributed by atoms with Crippen LogP contribution in [0.5, 0.6) is 0 Å². The van der Waals surface area contributed by atoms with Gasteiger partial charge in [0.1, 0.15) is 0 Å². The number of aromatic amines is 1. The van der Waals surface area contributed by atoms with Crippen molar-refractivity contribution in [2.24, 2.45) is 5.10 Å². The Balaban J connectivity index is 1.96. The first-order valence-corrected chi connectivity index (χ1v) is 6.15. The van der Waals surface area contributed by atoms with Gasteiger partial charge in [-0.1, -0.05) is 17.2 Å². The summed E-state index contributed by atoms with van der Waals surface area (Å²) in [7, 11) is 3.86. The summed E-state index contributed by atoms with van der Waals surface area (Å²) in [5.74, 6) is -1.70. The zero-order valence-electron chi connectivity index (χ0n) is 11.8. The molecular formula is C12H13N7O3. The highest BCUT2D eigenvalue weighted by Gasteiger charge is 2.20. The number of carbonyl (C=O) groups is 1. The number of benzene rings is 1. The molecule has 1 aromatic heterocycles. The molecule has 0 radical (unpaired) electrons. The van der Waals surface area contributed by atoms with E-state index in [-0.39, 0.29) is 5.82 Å². The maximum atomic E-state index is 11.6. The van der Waals surface area contributed by atoms with Gasteiger partial charge < -0.3 is 15.0 Å². The van der Waals surface area contributed by atoms with Gasteiger partial charge in [0.05, 0.1) is 6.21 Å². The molecule has 114 valence electrons. The predicted molar refractivity (Wildman–Crippen MR) is 78.9 cm³/mol. The van der Waals surface area contributed by atoms with Crippen LogP contribution in [-0.4, -0.2) is 46.3 Å². The zero-order valence-corrected chi connectivity index (χ0v) is 11.8. The summed E-state index contributed by atoms with van der Waals surface area (Å²) in [6.07, 6.45) is 1.44. The van der Waals surface area contributed by atoms with Crippen molar-refractivity contribution in [3.8, 4) is 0 Å². The van der Waals surface area contributed by atoms with E-state index in [1.807, 2.05) is 48.4 Å². The molecule has 0 aliphatic heterocycles. The largest absolute Gasteiger partial charge is 0.454 e. The van der Waals surface area contributed by atoms with Gasteiger partial charge in [0.25, 0.3) is 0 Å². The van der Waals surface area contributed by atoms with E-state index >= 15 is 0 Å². The summed E-state index contributed by atoms with van der Waals surface area (Å²) in [4.78, 5) is 26.6. The molecule has 1 aromatic carbocycles. The average molecular weight is 303 g/mol. The highest BCUT2D eigenvalue weighted by molar-refractivity contribution is 5.91. The van der Waals surface area contributed by atoms with Crippen LogP contribution in [0.4, 0.5) is 11.6 Å². The Kier molecular flexibility index (Phi) is 4.41. The number of hydrazone groups is 1. The first-order valence-electron chi connectivity index (χ1n) is 6.15. The van der Waals surface area contributed by atoms with Crippen molar-refractivity contribution < 1.29 is 9.72 Å². The molecule has 0 saturated carbocycles. The first kappa shape index (κ1) is 15.1. The summed E-state index contributed by atoms with van der Waals surface area (Å²) in [5, 5.41) is 19.6. The Morgan fingerprint density at radius 1 is 1.41 bits per heavy atom. The molecule has 10 nitrogen and oxygen atoms in total. The number of aromatic nitrogens is 3. The molecule has 2 N–H and O–H groups in total. The molecule has 0 aliphatic carbocycles. The molecule has 0 bridgehead atoms. The monoisotopic (exact) mass is 303 g/mol. The molecule has 22 heavy (non-hydrogen) atoms. The highest BCUT2D eigenvalue weighted by Crippen LogP contribution is 2.10. The third-order valence-corrected chi connectivity index (χ3v) is 2.64. The van der Waals surface area contributed by atoms with Crippen LogP contribution in [0.1, 0.15) is 16.2 Å². The van der Waals surface area contributed by atoms with Gasteiger partial charge in [-0.2, -0.15) is 5.10 Å². The van der Waals surface area contributed by atoms with E-state index in [9.17, 15) is 14.9 Å². The second-order valence-corrected chi connectivity index (χ2v) is 4.42. The maximum Gasteiger partial charge on any atom is 0.454 e. The molecule has 0 unspecified atom stereocenters. The van der Waals surface area contributed by atoms with Gasteiger partial charge in [-0.05, 0) is 27.6 Å². The number of anilines is 1. The predicted octanol–water partition coefficient (Wildman–Crippen LogP) is 0.543. The normalized spacial score (nSPS) is 10.6. The number of rotatable bonds is 5. The van der Waals surface area contributed by atoms with Crippen molar-refractivity contribution in [2.45, 2.75) is 0 Å². The topological polar surface area (TPSA) is 129 Å². The summed E-state index contributed by atoms with van der Waals surface area (Å²) in [5.41, 5.74) is 4.01. The minimum Gasteiger partial charge on any atom is -0.390 e. The van der Waals surface area contributed by atoms with E-state index in [2.05, 4.69) is 20.6 Å². The van der Waals surface area contributed by atoms with Crippen molar-refractivity contribution in [1.29, 1.82) is 0 Å². The number of nitrogens with zero attached hydrogens (tertiary/aromatic N) is 5. The van der Waals surface area contributed by atoms with Gasteiger partial charge in [-0.25, -0.2) is 5.43 Å². The zero-order chi connectivity index (χ0) is 16.1. The third kappa shape index (κ3) is 3.62. The number of hydrogen-bond donors (Lipinski definition) is 2. The molecule has 0 spiro atoms. The van der Waals surface area contributed by atoms with Crippen molar-refractivity contribution >= 4 is 23.8 Å². The molecule has 2 rings (SSSR count). The van der Waals surface area contributed by atoms with E-state index in [1.54, 1.807) is 0 Å². The fraction of sp³-hybridized carbons (Fsp3) is 0.167. The van der Waals surface area contributed by atoms with E-state index in [4.69, 9.17) is 0 Å². The number of carbonyl (C=O) groups excluding carboxylic acids is 1. The Hall–Kier alpha value is -3.30. The van der Waals surface area contributed by atoms with Crippen LogP contribution < -0.4 is 10.3 Å². The number of hydrogen-bond acceptors (Lipinski definition) is 7. The lowest BCUT2D eigenvalue weighted by molar-refractivity contribution is -0.394. The number of H-pyrrole nitrogens is 1. The van der Waals surface area contributed by atoms with Gasteiger partial charge in [-0.15, -0.1) is 5.10 Å². The Labute approximate surface area is 125 Å². The summed E-state index contributed by atoms with van der Waals surface area (Å²) < 4.78 is 0. The molecule has 2 aromatic rings. The lowest BCUT2D eigenvalue weighted by Crippen LogP contribution is -2.19. The maximum absolute atomic E-state index is 11.6. The molecule has 0 aliphatic rings. The van der Waals surface area contributed by atoms with Crippen molar-refractivity contribution in [3.63, 3.8) is 0 Å². The van der Waals surface area contributed by atoms with Crippen LogP contribution in [0.3, 0.4) is 0 Å². The Morgan fingerprint density at radius 2 is 2.09 bits per heavy atom. The molecule has 0 saturated heterocycles. The Bertz CT molecular complexity index is 706. The standard InChI is InChI=1S/C12H13N7O3/c1-18(2)9-5-3-8(4-6-9)7-13-16-11(20)10-14-12(17-15-10)19(21)22/h3-7H,1-2H3,(H,16,20)(H,14,15,17)/b13-7+. The molecule has 1 amide bonds. The number of nitrogens with one attached hydrogen (secondary N) is 2. The van der Waals surface area contributed by atoms with E-state index in [0.29, 0.717) is 0 Å². The molecular weight excluding hydrogens is 290 g/mol. The van der Waals surface area contributed by atoms with Gasteiger partial charge >= 0.3 is 17.7 Å². The summed E-state index contributed by atoms with van der Waals surface area (Å²) in [6.45, 7) is 0. The quantitative estimate of drug-likeness (QED) is 0.471. The molecule has 1 heterocycles.